The smallest absolute Gasteiger partial charge is 0.283 e. The molecule has 0 spiro atoms. The third-order valence-electron chi connectivity index (χ3n) is 5.41. The first-order chi connectivity index (χ1) is 14.6. The Labute approximate surface area is 179 Å². The van der Waals surface area contributed by atoms with Gasteiger partial charge in [-0.05, 0) is 55.3 Å². The van der Waals surface area contributed by atoms with Gasteiger partial charge in [0.1, 0.15) is 0 Å². The molecular weight excluding hydrogens is 396 g/mol. The number of carbonyl (C=O) groups is 1. The van der Waals surface area contributed by atoms with E-state index in [1.54, 1.807) is 6.08 Å². The van der Waals surface area contributed by atoms with Crippen molar-refractivity contribution in [2.24, 2.45) is 10.1 Å². The van der Waals surface area contributed by atoms with E-state index in [2.05, 4.69) is 44.7 Å². The van der Waals surface area contributed by atoms with Crippen LogP contribution in [0, 0.1) is 12.3 Å². The summed E-state index contributed by atoms with van der Waals surface area (Å²) in [5.74, 6) is -0.310. The fraction of sp³-hybridized carbons (Fsp3) is 0.273. The van der Waals surface area contributed by atoms with Gasteiger partial charge in [0.2, 0.25) is 5.17 Å². The minimum Gasteiger partial charge on any atom is -0.349 e. The normalized spacial score (nSPS) is 20.1. The van der Waals surface area contributed by atoms with Gasteiger partial charge in [-0.1, -0.05) is 29.8 Å². The van der Waals surface area contributed by atoms with E-state index in [1.165, 1.54) is 27.9 Å². The van der Waals surface area contributed by atoms with Gasteiger partial charge in [-0.3, -0.25) is 10.2 Å². The minimum absolute atomic E-state index is 0.0787. The minimum atomic E-state index is -0.389. The molecule has 152 valence electrons. The Hall–Kier alpha value is -3.13. The highest BCUT2D eigenvalue weighted by Gasteiger charge is 2.37. The van der Waals surface area contributed by atoms with Crippen molar-refractivity contribution < 1.29 is 4.79 Å². The van der Waals surface area contributed by atoms with Crippen molar-refractivity contribution in [1.29, 1.82) is 5.41 Å². The number of amidine groups is 3. The van der Waals surface area contributed by atoms with E-state index < -0.39 is 0 Å². The first kappa shape index (κ1) is 18.9. The molecule has 30 heavy (non-hydrogen) atoms. The van der Waals surface area contributed by atoms with Crippen LogP contribution in [0.3, 0.4) is 0 Å². The fourth-order valence-electron chi connectivity index (χ4n) is 3.88. The van der Waals surface area contributed by atoms with E-state index in [0.29, 0.717) is 11.7 Å². The maximum atomic E-state index is 12.7. The van der Waals surface area contributed by atoms with Gasteiger partial charge in [-0.15, -0.1) is 5.10 Å². The molecule has 0 unspecified atom stereocenters. The SMILES string of the molecule is Cc1cccc(Cn2cccc2/C=C2/C(=N)N3N=C(N4CCCC4)SC3=NC2=O)c1. The molecule has 0 saturated carbocycles. The molecule has 0 bridgehead atoms. The van der Waals surface area contributed by atoms with Crippen molar-refractivity contribution in [3.8, 4) is 0 Å². The van der Waals surface area contributed by atoms with Gasteiger partial charge in [0, 0.05) is 31.5 Å². The lowest BCUT2D eigenvalue weighted by Gasteiger charge is -2.20. The molecule has 1 aromatic heterocycles. The van der Waals surface area contributed by atoms with Crippen LogP contribution in [-0.2, 0) is 11.3 Å². The number of thioether (sulfide) groups is 1. The van der Waals surface area contributed by atoms with E-state index in [1.807, 2.05) is 24.4 Å². The molecule has 8 heteroatoms. The molecule has 2 aromatic rings. The van der Waals surface area contributed by atoms with Crippen LogP contribution in [0.5, 0.6) is 0 Å². The Morgan fingerprint density at radius 2 is 2.00 bits per heavy atom. The summed E-state index contributed by atoms with van der Waals surface area (Å²) in [5.41, 5.74) is 3.52. The van der Waals surface area contributed by atoms with Crippen molar-refractivity contribution in [3.05, 3.63) is 65.0 Å². The number of nitrogens with one attached hydrogen (secondary N) is 1. The number of nitrogens with zero attached hydrogens (tertiary/aromatic N) is 5. The zero-order valence-electron chi connectivity index (χ0n) is 16.7. The largest absolute Gasteiger partial charge is 0.349 e. The molecule has 0 radical (unpaired) electrons. The maximum Gasteiger partial charge on any atom is 0.283 e. The van der Waals surface area contributed by atoms with Gasteiger partial charge < -0.3 is 9.47 Å². The van der Waals surface area contributed by atoms with Gasteiger partial charge in [-0.2, -0.15) is 10.0 Å². The Kier molecular flexibility index (Phi) is 4.78. The van der Waals surface area contributed by atoms with Crippen molar-refractivity contribution in [2.75, 3.05) is 13.1 Å². The number of carbonyl (C=O) groups excluding carboxylic acids is 1. The van der Waals surface area contributed by atoms with Crippen molar-refractivity contribution in [2.45, 2.75) is 26.3 Å². The molecule has 1 N–H and O–H groups in total. The van der Waals surface area contributed by atoms with E-state index >= 15 is 0 Å². The van der Waals surface area contributed by atoms with E-state index in [9.17, 15) is 4.79 Å². The van der Waals surface area contributed by atoms with Crippen LogP contribution in [0.15, 0.2) is 58.3 Å². The van der Waals surface area contributed by atoms with Crippen molar-refractivity contribution in [3.63, 3.8) is 0 Å². The monoisotopic (exact) mass is 418 g/mol. The van der Waals surface area contributed by atoms with Crippen LogP contribution in [0.25, 0.3) is 6.08 Å². The predicted molar refractivity (Wildman–Crippen MR) is 121 cm³/mol. The summed E-state index contributed by atoms with van der Waals surface area (Å²) in [6.45, 7) is 4.69. The summed E-state index contributed by atoms with van der Waals surface area (Å²) in [4.78, 5) is 19.1. The average molecular weight is 419 g/mol. The molecule has 3 aliphatic rings. The summed E-state index contributed by atoms with van der Waals surface area (Å²) >= 11 is 1.37. The summed E-state index contributed by atoms with van der Waals surface area (Å²) in [5, 5.41) is 15.9. The number of aryl methyl sites for hydroxylation is 1. The van der Waals surface area contributed by atoms with Crippen LogP contribution in [0.4, 0.5) is 0 Å². The molecule has 1 amide bonds. The molecular formula is C22H22N6OS. The van der Waals surface area contributed by atoms with Crippen molar-refractivity contribution >= 4 is 39.9 Å². The third-order valence-corrected chi connectivity index (χ3v) is 6.38. The Bertz CT molecular complexity index is 1120. The molecule has 5 rings (SSSR count). The number of aromatic nitrogens is 1. The zero-order chi connectivity index (χ0) is 20.7. The van der Waals surface area contributed by atoms with Crippen LogP contribution < -0.4 is 0 Å². The molecule has 1 aromatic carbocycles. The summed E-state index contributed by atoms with van der Waals surface area (Å²) in [7, 11) is 0. The van der Waals surface area contributed by atoms with Crippen LogP contribution in [0.2, 0.25) is 0 Å². The number of rotatable bonds is 3. The highest BCUT2D eigenvalue weighted by atomic mass is 32.2. The van der Waals surface area contributed by atoms with Gasteiger partial charge in [0.15, 0.2) is 11.0 Å². The Morgan fingerprint density at radius 1 is 1.17 bits per heavy atom. The average Bonchev–Trinajstić information content (AvgIpc) is 3.46. The number of hydrogen-bond acceptors (Lipinski definition) is 5. The second kappa shape index (κ2) is 7.60. The second-order valence-electron chi connectivity index (χ2n) is 7.65. The number of benzene rings is 1. The number of fused-ring (bicyclic) bond motifs is 1. The number of amides is 1. The maximum absolute atomic E-state index is 12.7. The third kappa shape index (κ3) is 3.47. The van der Waals surface area contributed by atoms with Crippen LogP contribution >= 0.6 is 11.8 Å². The first-order valence-corrected chi connectivity index (χ1v) is 10.9. The summed E-state index contributed by atoms with van der Waals surface area (Å²) in [6, 6.07) is 12.2. The van der Waals surface area contributed by atoms with Crippen molar-refractivity contribution in [1.82, 2.24) is 14.5 Å². The molecule has 3 aliphatic heterocycles. The number of hydrazone groups is 1. The molecule has 7 nitrogen and oxygen atoms in total. The number of hydrogen-bond donors (Lipinski definition) is 1. The van der Waals surface area contributed by atoms with E-state index in [4.69, 9.17) is 5.41 Å². The second-order valence-corrected chi connectivity index (χ2v) is 8.58. The van der Waals surface area contributed by atoms with Gasteiger partial charge in [-0.25, -0.2) is 0 Å². The summed E-state index contributed by atoms with van der Waals surface area (Å²) in [6.07, 6.45) is 6.02. The highest BCUT2D eigenvalue weighted by molar-refractivity contribution is 8.26. The van der Waals surface area contributed by atoms with Crippen LogP contribution in [0.1, 0.15) is 29.7 Å². The lowest BCUT2D eigenvalue weighted by molar-refractivity contribution is -0.114. The molecule has 0 aliphatic carbocycles. The van der Waals surface area contributed by atoms with Gasteiger partial charge in [0.25, 0.3) is 5.91 Å². The lowest BCUT2D eigenvalue weighted by atomic mass is 10.1. The molecule has 1 saturated heterocycles. The Morgan fingerprint density at radius 3 is 2.80 bits per heavy atom. The van der Waals surface area contributed by atoms with Gasteiger partial charge >= 0.3 is 0 Å². The van der Waals surface area contributed by atoms with E-state index in [0.717, 1.165) is 36.8 Å². The fourth-order valence-corrected chi connectivity index (χ4v) is 4.82. The number of aliphatic imine (C=N–C) groups is 1. The predicted octanol–water partition coefficient (Wildman–Crippen LogP) is 3.52. The Balaban J connectivity index is 1.42. The highest BCUT2D eigenvalue weighted by Crippen LogP contribution is 2.30. The molecule has 0 atom stereocenters. The standard InChI is InChI=1S/C22H22N6OS/c1-15-6-4-7-16(12-15)14-27-11-5-8-17(27)13-18-19(23)28-21(24-20(18)29)30-22(25-28)26-9-2-3-10-26/h4-8,11-13,23H,2-3,9-10,14H2,1H3/b18-13-,23-19?. The zero-order valence-corrected chi connectivity index (χ0v) is 17.5. The summed E-state index contributed by atoms with van der Waals surface area (Å²) < 4.78 is 2.07. The molecule has 1 fully saturated rings. The van der Waals surface area contributed by atoms with E-state index in [-0.39, 0.29) is 17.3 Å². The molecule has 4 heterocycles. The lowest BCUT2D eigenvalue weighted by Crippen LogP contribution is -2.35. The number of likely N-dealkylation sites (tertiary alicyclic amines) is 1. The first-order valence-electron chi connectivity index (χ1n) is 10.0. The van der Waals surface area contributed by atoms with Crippen LogP contribution in [-0.4, -0.2) is 49.6 Å². The van der Waals surface area contributed by atoms with Gasteiger partial charge in [0.05, 0.1) is 5.57 Å². The quantitative estimate of drug-likeness (QED) is 0.774. The topological polar surface area (TPSA) is 77.1 Å².